The van der Waals surface area contributed by atoms with Crippen LogP contribution in [0.5, 0.6) is 0 Å². The van der Waals surface area contributed by atoms with Crippen molar-refractivity contribution in [2.45, 2.75) is 20.3 Å². The van der Waals surface area contributed by atoms with Crippen LogP contribution in [0.4, 0.5) is 23.0 Å². The molecule has 9 heteroatoms. The van der Waals surface area contributed by atoms with E-state index in [1.807, 2.05) is 38.1 Å². The molecule has 2 aromatic carbocycles. The molecule has 0 atom stereocenters. The van der Waals surface area contributed by atoms with Crippen LogP contribution in [-0.4, -0.2) is 20.8 Å². The fourth-order valence-electron chi connectivity index (χ4n) is 2.71. The highest BCUT2D eigenvalue weighted by Gasteiger charge is 2.24. The largest absolute Gasteiger partial charge is 0.355 e. The number of benzene rings is 2. The van der Waals surface area contributed by atoms with E-state index in [4.69, 9.17) is 0 Å². The van der Waals surface area contributed by atoms with Gasteiger partial charge >= 0.3 is 5.69 Å². The van der Waals surface area contributed by atoms with Crippen LogP contribution in [0.25, 0.3) is 0 Å². The molecule has 0 fully saturated rings. The second kappa shape index (κ2) is 8.79. The topological polar surface area (TPSA) is 122 Å². The van der Waals surface area contributed by atoms with Crippen LogP contribution in [0, 0.1) is 17.0 Å². The quantitative estimate of drug-likeness (QED) is 0.413. The number of hydrazine groups is 1. The van der Waals surface area contributed by atoms with Crippen LogP contribution in [0.15, 0.2) is 54.9 Å². The highest BCUT2D eigenvalue weighted by atomic mass is 16.6. The molecular weight excluding hydrogens is 372 g/mol. The van der Waals surface area contributed by atoms with Gasteiger partial charge in [0.05, 0.1) is 4.92 Å². The van der Waals surface area contributed by atoms with E-state index < -0.39 is 10.8 Å². The summed E-state index contributed by atoms with van der Waals surface area (Å²) in [6.45, 7) is 3.90. The number of amides is 1. The number of anilines is 3. The van der Waals surface area contributed by atoms with E-state index in [-0.39, 0.29) is 17.3 Å². The Kier molecular flexibility index (Phi) is 5.98. The SMILES string of the molecule is CCc1ccccc1Nc1ncnc(NNC(=O)c2ccc(C)cc2)c1[N+](=O)[O-]. The summed E-state index contributed by atoms with van der Waals surface area (Å²) in [6.07, 6.45) is 1.93. The van der Waals surface area contributed by atoms with Crippen LogP contribution in [-0.2, 0) is 6.42 Å². The Morgan fingerprint density at radius 2 is 1.76 bits per heavy atom. The maximum Gasteiger partial charge on any atom is 0.355 e. The summed E-state index contributed by atoms with van der Waals surface area (Å²) in [6, 6.07) is 14.4. The molecule has 29 heavy (non-hydrogen) atoms. The molecule has 0 radical (unpaired) electrons. The number of para-hydroxylation sites is 1. The third-order valence-electron chi connectivity index (χ3n) is 4.26. The van der Waals surface area contributed by atoms with Crippen LogP contribution >= 0.6 is 0 Å². The molecule has 0 bridgehead atoms. The fraction of sp³-hybridized carbons (Fsp3) is 0.150. The zero-order valence-corrected chi connectivity index (χ0v) is 16.0. The van der Waals surface area contributed by atoms with Gasteiger partial charge in [0.1, 0.15) is 6.33 Å². The molecule has 3 N–H and O–H groups in total. The molecule has 148 valence electrons. The van der Waals surface area contributed by atoms with E-state index in [2.05, 4.69) is 26.1 Å². The van der Waals surface area contributed by atoms with Gasteiger partial charge in [0, 0.05) is 11.3 Å². The van der Waals surface area contributed by atoms with Gasteiger partial charge in [-0.25, -0.2) is 9.97 Å². The molecule has 3 rings (SSSR count). The van der Waals surface area contributed by atoms with Gasteiger partial charge in [0.15, 0.2) is 0 Å². The first kappa shape index (κ1) is 19.7. The normalized spacial score (nSPS) is 10.3. The Bertz CT molecular complexity index is 1040. The van der Waals surface area contributed by atoms with E-state index in [1.54, 1.807) is 24.3 Å². The molecule has 3 aromatic rings. The summed E-state index contributed by atoms with van der Waals surface area (Å²) in [5, 5.41) is 14.7. The maximum absolute atomic E-state index is 12.3. The molecule has 0 aliphatic heterocycles. The van der Waals surface area contributed by atoms with E-state index in [9.17, 15) is 14.9 Å². The molecule has 0 spiro atoms. The number of nitrogens with one attached hydrogen (secondary N) is 3. The third-order valence-corrected chi connectivity index (χ3v) is 4.26. The number of hydrogen-bond donors (Lipinski definition) is 3. The highest BCUT2D eigenvalue weighted by Crippen LogP contribution is 2.31. The first-order chi connectivity index (χ1) is 14.0. The van der Waals surface area contributed by atoms with E-state index in [0.29, 0.717) is 11.3 Å². The molecule has 1 aromatic heterocycles. The maximum atomic E-state index is 12.3. The number of nitrogens with zero attached hydrogens (tertiary/aromatic N) is 3. The minimum absolute atomic E-state index is 0.0259. The minimum Gasteiger partial charge on any atom is -0.334 e. The lowest BCUT2D eigenvalue weighted by atomic mass is 10.1. The van der Waals surface area contributed by atoms with Gasteiger partial charge in [-0.3, -0.25) is 25.8 Å². The van der Waals surface area contributed by atoms with Crippen molar-refractivity contribution in [1.82, 2.24) is 15.4 Å². The lowest BCUT2D eigenvalue weighted by Gasteiger charge is -2.12. The minimum atomic E-state index is -0.600. The predicted octanol–water partition coefficient (Wildman–Crippen LogP) is 3.76. The van der Waals surface area contributed by atoms with E-state index in [0.717, 1.165) is 17.5 Å². The Morgan fingerprint density at radius 3 is 2.45 bits per heavy atom. The van der Waals surface area contributed by atoms with Gasteiger partial charge in [-0.05, 0) is 37.1 Å². The van der Waals surface area contributed by atoms with Crippen LogP contribution in [0.2, 0.25) is 0 Å². The van der Waals surface area contributed by atoms with Crippen LogP contribution in [0.1, 0.15) is 28.4 Å². The number of carbonyl (C=O) groups excluding carboxylic acids is 1. The average Bonchev–Trinajstić information content (AvgIpc) is 2.72. The number of hydrogen-bond acceptors (Lipinski definition) is 7. The Balaban J connectivity index is 1.84. The fourth-order valence-corrected chi connectivity index (χ4v) is 2.71. The molecule has 0 aliphatic rings. The standard InChI is InChI=1S/C20H20N6O3/c1-3-14-6-4-5-7-16(14)23-18-17(26(28)29)19(22-12-21-18)24-25-20(27)15-10-8-13(2)9-11-15/h4-12H,3H2,1-2H3,(H,25,27)(H2,21,22,23,24). The van der Waals surface area contributed by atoms with Gasteiger partial charge in [-0.1, -0.05) is 42.8 Å². The van der Waals surface area contributed by atoms with Gasteiger partial charge < -0.3 is 5.32 Å². The number of aryl methyl sites for hydroxylation is 2. The van der Waals surface area contributed by atoms with E-state index in [1.165, 1.54) is 6.33 Å². The Labute approximate surface area is 167 Å². The Morgan fingerprint density at radius 1 is 1.07 bits per heavy atom. The highest BCUT2D eigenvalue weighted by molar-refractivity contribution is 5.95. The molecule has 0 unspecified atom stereocenters. The summed E-state index contributed by atoms with van der Waals surface area (Å²) < 4.78 is 0. The summed E-state index contributed by atoms with van der Waals surface area (Å²) in [5.74, 6) is -0.538. The van der Waals surface area contributed by atoms with Crippen molar-refractivity contribution in [3.8, 4) is 0 Å². The second-order valence-corrected chi connectivity index (χ2v) is 6.26. The zero-order valence-electron chi connectivity index (χ0n) is 16.0. The van der Waals surface area contributed by atoms with Gasteiger partial charge in [0.25, 0.3) is 5.91 Å². The van der Waals surface area contributed by atoms with Crippen LogP contribution < -0.4 is 16.2 Å². The molecule has 9 nitrogen and oxygen atoms in total. The van der Waals surface area contributed by atoms with Crippen molar-refractivity contribution in [3.63, 3.8) is 0 Å². The summed E-state index contributed by atoms with van der Waals surface area (Å²) in [7, 11) is 0. The van der Waals surface area contributed by atoms with Crippen molar-refractivity contribution in [2.75, 3.05) is 10.7 Å². The monoisotopic (exact) mass is 392 g/mol. The molecular formula is C20H20N6O3. The first-order valence-corrected chi connectivity index (χ1v) is 8.97. The number of rotatable bonds is 7. The van der Waals surface area contributed by atoms with Crippen molar-refractivity contribution in [1.29, 1.82) is 0 Å². The lowest BCUT2D eigenvalue weighted by Crippen LogP contribution is -2.30. The third kappa shape index (κ3) is 4.64. The molecule has 1 heterocycles. The summed E-state index contributed by atoms with van der Waals surface area (Å²) >= 11 is 0. The van der Waals surface area contributed by atoms with E-state index >= 15 is 0 Å². The Hall–Kier alpha value is -4.01. The number of carbonyl (C=O) groups is 1. The van der Waals surface area contributed by atoms with Gasteiger partial charge in [-0.2, -0.15) is 0 Å². The molecule has 0 saturated carbocycles. The molecule has 0 saturated heterocycles. The van der Waals surface area contributed by atoms with Crippen LogP contribution in [0.3, 0.4) is 0 Å². The number of aromatic nitrogens is 2. The van der Waals surface area contributed by atoms with Gasteiger partial charge in [-0.15, -0.1) is 0 Å². The molecule has 0 aliphatic carbocycles. The average molecular weight is 392 g/mol. The summed E-state index contributed by atoms with van der Waals surface area (Å²) in [4.78, 5) is 31.3. The van der Waals surface area contributed by atoms with Crippen molar-refractivity contribution in [3.05, 3.63) is 81.7 Å². The smallest absolute Gasteiger partial charge is 0.334 e. The van der Waals surface area contributed by atoms with Crippen molar-refractivity contribution < 1.29 is 9.72 Å². The summed E-state index contributed by atoms with van der Waals surface area (Å²) in [5.41, 5.74) is 7.72. The first-order valence-electron chi connectivity index (χ1n) is 8.97. The molecule has 1 amide bonds. The lowest BCUT2D eigenvalue weighted by molar-refractivity contribution is -0.383. The second-order valence-electron chi connectivity index (χ2n) is 6.26. The zero-order chi connectivity index (χ0) is 20.8. The van der Waals surface area contributed by atoms with Gasteiger partial charge in [0.2, 0.25) is 11.6 Å². The predicted molar refractivity (Wildman–Crippen MR) is 110 cm³/mol. The van der Waals surface area contributed by atoms with Crippen molar-refractivity contribution >= 4 is 28.9 Å². The number of nitro groups is 1. The van der Waals surface area contributed by atoms with Crippen molar-refractivity contribution in [2.24, 2.45) is 0 Å².